The van der Waals surface area contributed by atoms with Gasteiger partial charge in [-0.2, -0.15) is 13.2 Å². The highest BCUT2D eigenvalue weighted by Gasteiger charge is 2.38. The molecule has 1 saturated heterocycles. The normalized spacial score (nSPS) is 17.4. The number of pyridine rings is 1. The SMILES string of the molecule is CCOC(=O)CC1CN(C(=O)O)CCN1c1ncc(C(F)(F)F)cc1[N+](=O)[O-]. The molecule has 10 nitrogen and oxygen atoms in total. The number of hydrogen-bond acceptors (Lipinski definition) is 7. The third kappa shape index (κ3) is 4.78. The second-order valence-corrected chi connectivity index (χ2v) is 5.91. The van der Waals surface area contributed by atoms with E-state index in [4.69, 9.17) is 9.84 Å². The molecule has 2 rings (SSSR count). The Morgan fingerprint density at radius 2 is 2.11 bits per heavy atom. The number of nitrogens with zero attached hydrogens (tertiary/aromatic N) is 4. The highest BCUT2D eigenvalue weighted by atomic mass is 19.4. The minimum atomic E-state index is -4.82. The van der Waals surface area contributed by atoms with Crippen molar-refractivity contribution in [2.45, 2.75) is 25.6 Å². The molecule has 0 aromatic carbocycles. The fourth-order valence-corrected chi connectivity index (χ4v) is 2.85. The number of aromatic nitrogens is 1. The molecule has 0 spiro atoms. The van der Waals surface area contributed by atoms with Crippen LogP contribution in [-0.2, 0) is 15.7 Å². The Morgan fingerprint density at radius 1 is 1.43 bits per heavy atom. The van der Waals surface area contributed by atoms with Gasteiger partial charge in [-0.3, -0.25) is 14.9 Å². The molecule has 1 amide bonds. The van der Waals surface area contributed by atoms with Crippen LogP contribution >= 0.6 is 0 Å². The van der Waals surface area contributed by atoms with E-state index in [9.17, 15) is 32.9 Å². The van der Waals surface area contributed by atoms with Crippen LogP contribution in [0.5, 0.6) is 0 Å². The number of alkyl halides is 3. The van der Waals surface area contributed by atoms with Gasteiger partial charge in [-0.25, -0.2) is 9.78 Å². The maximum absolute atomic E-state index is 12.9. The first kappa shape index (κ1) is 21.2. The lowest BCUT2D eigenvalue weighted by atomic mass is 10.1. The summed E-state index contributed by atoms with van der Waals surface area (Å²) in [6, 6.07) is -0.514. The molecule has 1 aliphatic rings. The van der Waals surface area contributed by atoms with Crippen molar-refractivity contribution in [2.75, 3.05) is 31.1 Å². The highest BCUT2D eigenvalue weighted by molar-refractivity contribution is 5.72. The summed E-state index contributed by atoms with van der Waals surface area (Å²) in [7, 11) is 0. The van der Waals surface area contributed by atoms with E-state index in [-0.39, 0.29) is 38.5 Å². The highest BCUT2D eigenvalue weighted by Crippen LogP contribution is 2.36. The maximum Gasteiger partial charge on any atom is 0.418 e. The Kier molecular flexibility index (Phi) is 6.26. The van der Waals surface area contributed by atoms with Crippen molar-refractivity contribution in [1.82, 2.24) is 9.88 Å². The van der Waals surface area contributed by atoms with Crippen molar-refractivity contribution >= 4 is 23.6 Å². The number of nitro groups is 1. The molecular weight excluding hydrogens is 389 g/mol. The first-order valence-corrected chi connectivity index (χ1v) is 8.16. The van der Waals surface area contributed by atoms with E-state index in [2.05, 4.69) is 4.98 Å². The van der Waals surface area contributed by atoms with Crippen molar-refractivity contribution < 1.29 is 37.5 Å². The molecule has 0 radical (unpaired) electrons. The zero-order valence-corrected chi connectivity index (χ0v) is 14.7. The zero-order valence-electron chi connectivity index (χ0n) is 14.7. The van der Waals surface area contributed by atoms with E-state index in [0.717, 1.165) is 4.90 Å². The summed E-state index contributed by atoms with van der Waals surface area (Å²) in [6.45, 7) is 1.31. The van der Waals surface area contributed by atoms with Crippen LogP contribution < -0.4 is 4.90 Å². The smallest absolute Gasteiger partial charge is 0.418 e. The van der Waals surface area contributed by atoms with E-state index in [1.165, 1.54) is 4.90 Å². The fourth-order valence-electron chi connectivity index (χ4n) is 2.85. The number of piperazine rings is 1. The van der Waals surface area contributed by atoms with Crippen LogP contribution in [0.25, 0.3) is 0 Å². The molecule has 1 fully saturated rings. The molecule has 1 N–H and O–H groups in total. The second-order valence-electron chi connectivity index (χ2n) is 5.91. The number of anilines is 1. The van der Waals surface area contributed by atoms with Gasteiger partial charge in [0.25, 0.3) is 0 Å². The average molecular weight is 406 g/mol. The lowest BCUT2D eigenvalue weighted by molar-refractivity contribution is -0.384. The first-order chi connectivity index (χ1) is 13.0. The van der Waals surface area contributed by atoms with Crippen molar-refractivity contribution in [3.63, 3.8) is 0 Å². The third-order valence-electron chi connectivity index (χ3n) is 4.10. The largest absolute Gasteiger partial charge is 0.466 e. The number of carbonyl (C=O) groups is 2. The summed E-state index contributed by atoms with van der Waals surface area (Å²) in [6.07, 6.45) is -5.91. The monoisotopic (exact) mass is 406 g/mol. The quantitative estimate of drug-likeness (QED) is 0.448. The van der Waals surface area contributed by atoms with Gasteiger partial charge >= 0.3 is 23.9 Å². The van der Waals surface area contributed by atoms with E-state index in [1.54, 1.807) is 6.92 Å². The van der Waals surface area contributed by atoms with Gasteiger partial charge in [0.15, 0.2) is 0 Å². The third-order valence-corrected chi connectivity index (χ3v) is 4.10. The van der Waals surface area contributed by atoms with Gasteiger partial charge in [0.1, 0.15) is 0 Å². The summed E-state index contributed by atoms with van der Waals surface area (Å²) in [5.41, 5.74) is -2.17. The summed E-state index contributed by atoms with van der Waals surface area (Å²) in [5, 5.41) is 20.5. The number of halogens is 3. The maximum atomic E-state index is 12.9. The van der Waals surface area contributed by atoms with Gasteiger partial charge in [0, 0.05) is 31.9 Å². The Bertz CT molecular complexity index is 773. The van der Waals surface area contributed by atoms with E-state index < -0.39 is 40.5 Å². The Hall–Kier alpha value is -3.12. The zero-order chi connectivity index (χ0) is 21.1. The van der Waals surface area contributed by atoms with Crippen molar-refractivity contribution in [2.24, 2.45) is 0 Å². The average Bonchev–Trinajstić information content (AvgIpc) is 2.60. The molecule has 1 aromatic rings. The molecule has 28 heavy (non-hydrogen) atoms. The van der Waals surface area contributed by atoms with Crippen LogP contribution in [0.15, 0.2) is 12.3 Å². The van der Waals surface area contributed by atoms with Gasteiger partial charge in [-0.15, -0.1) is 0 Å². The van der Waals surface area contributed by atoms with E-state index in [0.29, 0.717) is 12.3 Å². The summed E-state index contributed by atoms with van der Waals surface area (Å²) < 4.78 is 43.4. The van der Waals surface area contributed by atoms with E-state index in [1.807, 2.05) is 0 Å². The van der Waals surface area contributed by atoms with Gasteiger partial charge in [0.2, 0.25) is 5.82 Å². The summed E-state index contributed by atoms with van der Waals surface area (Å²) in [5.74, 6) is -1.03. The number of amides is 1. The minimum Gasteiger partial charge on any atom is -0.466 e. The Balaban J connectivity index is 2.42. The van der Waals surface area contributed by atoms with Gasteiger partial charge in [-0.1, -0.05) is 0 Å². The number of carboxylic acid groups (broad SMARTS) is 1. The van der Waals surface area contributed by atoms with Crippen LogP contribution in [0.3, 0.4) is 0 Å². The first-order valence-electron chi connectivity index (χ1n) is 8.16. The van der Waals surface area contributed by atoms with E-state index >= 15 is 0 Å². The van der Waals surface area contributed by atoms with Crippen LogP contribution in [0, 0.1) is 10.1 Å². The van der Waals surface area contributed by atoms with Crippen LogP contribution in [-0.4, -0.2) is 64.3 Å². The number of carbonyl (C=O) groups excluding carboxylic acids is 1. The number of rotatable bonds is 5. The predicted octanol–water partition coefficient (Wildman–Crippen LogP) is 2.13. The molecule has 2 heterocycles. The molecule has 1 aliphatic heterocycles. The standard InChI is InChI=1S/C15H17F3N4O6/c1-2-28-12(23)6-10-8-20(14(24)25)3-4-21(10)13-11(22(26)27)5-9(7-19-13)15(16,17)18/h5,7,10H,2-4,6,8H2,1H3,(H,24,25). The van der Waals surface area contributed by atoms with Crippen LogP contribution in [0.2, 0.25) is 0 Å². The minimum absolute atomic E-state index is 0.0610. The molecule has 1 atom stereocenters. The number of hydrogen-bond donors (Lipinski definition) is 1. The van der Waals surface area contributed by atoms with Crippen LogP contribution in [0.1, 0.15) is 18.9 Å². The van der Waals surface area contributed by atoms with Crippen molar-refractivity contribution in [1.29, 1.82) is 0 Å². The summed E-state index contributed by atoms with van der Waals surface area (Å²) >= 11 is 0. The topological polar surface area (TPSA) is 126 Å². The van der Waals surface area contributed by atoms with Crippen molar-refractivity contribution in [3.8, 4) is 0 Å². The molecule has 154 valence electrons. The summed E-state index contributed by atoms with van der Waals surface area (Å²) in [4.78, 5) is 39.3. The number of ether oxygens (including phenoxy) is 1. The van der Waals surface area contributed by atoms with Gasteiger partial charge < -0.3 is 19.6 Å². The molecule has 1 unspecified atom stereocenters. The molecule has 0 aliphatic carbocycles. The van der Waals surface area contributed by atoms with Gasteiger partial charge in [0.05, 0.1) is 29.6 Å². The molecule has 0 bridgehead atoms. The molecule has 0 saturated carbocycles. The molecule has 13 heteroatoms. The molecule has 1 aromatic heterocycles. The van der Waals surface area contributed by atoms with Crippen LogP contribution in [0.4, 0.5) is 29.5 Å². The Morgan fingerprint density at radius 3 is 2.64 bits per heavy atom. The van der Waals surface area contributed by atoms with Gasteiger partial charge in [-0.05, 0) is 6.92 Å². The fraction of sp³-hybridized carbons (Fsp3) is 0.533. The second kappa shape index (κ2) is 8.27. The molecular formula is C15H17F3N4O6. The number of esters is 1. The predicted molar refractivity (Wildman–Crippen MR) is 87.9 cm³/mol. The Labute approximate surface area is 156 Å². The van der Waals surface area contributed by atoms with Crippen molar-refractivity contribution in [3.05, 3.63) is 27.9 Å². The lowest BCUT2D eigenvalue weighted by Gasteiger charge is -2.40. The lowest BCUT2D eigenvalue weighted by Crippen LogP contribution is -2.55.